The highest BCUT2D eigenvalue weighted by Gasteiger charge is 2.26. The lowest BCUT2D eigenvalue weighted by atomic mass is 10.1. The van der Waals surface area contributed by atoms with Crippen LogP contribution in [-0.4, -0.2) is 42.4 Å². The van der Waals surface area contributed by atoms with Crippen LogP contribution in [0.3, 0.4) is 0 Å². The average molecular weight is 267 g/mol. The number of terminal acetylenes is 1. The summed E-state index contributed by atoms with van der Waals surface area (Å²) in [5, 5.41) is 0. The quantitative estimate of drug-likeness (QED) is 0.581. The van der Waals surface area contributed by atoms with Crippen LogP contribution in [0.2, 0.25) is 0 Å². The molecule has 0 aromatic rings. The molecule has 0 N–H and O–H groups in total. The molecule has 0 spiro atoms. The number of rotatable bonds is 4. The average Bonchev–Trinajstić information content (AvgIpc) is 2.33. The van der Waals surface area contributed by atoms with Gasteiger partial charge in [-0.05, 0) is 40.0 Å². The molecule has 0 atom stereocenters. The summed E-state index contributed by atoms with van der Waals surface area (Å²) < 4.78 is 11.1. The highest BCUT2D eigenvalue weighted by Crippen LogP contribution is 2.17. The van der Waals surface area contributed by atoms with Gasteiger partial charge in [-0.2, -0.15) is 0 Å². The molecule has 0 aromatic carbocycles. The Morgan fingerprint density at radius 2 is 2.00 bits per heavy atom. The molecule has 4 heteroatoms. The molecular weight excluding hydrogens is 242 g/mol. The van der Waals surface area contributed by atoms with Crippen molar-refractivity contribution in [2.24, 2.45) is 0 Å². The van der Waals surface area contributed by atoms with Crippen molar-refractivity contribution in [3.63, 3.8) is 0 Å². The minimum absolute atomic E-state index is 0.224. The molecule has 1 fully saturated rings. The Kier molecular flexibility index (Phi) is 6.17. The van der Waals surface area contributed by atoms with Crippen LogP contribution in [0.4, 0.5) is 4.79 Å². The number of nitrogens with zero attached hydrogens (tertiary/aromatic N) is 1. The van der Waals surface area contributed by atoms with Gasteiger partial charge in [0.1, 0.15) is 5.60 Å². The van der Waals surface area contributed by atoms with Gasteiger partial charge in [0, 0.05) is 26.1 Å². The summed E-state index contributed by atoms with van der Waals surface area (Å²) in [6.45, 7) is 7.76. The first-order chi connectivity index (χ1) is 8.92. The Hall–Kier alpha value is -1.21. The van der Waals surface area contributed by atoms with Gasteiger partial charge in [-0.1, -0.05) is 0 Å². The van der Waals surface area contributed by atoms with Crippen LogP contribution in [-0.2, 0) is 9.47 Å². The summed E-state index contributed by atoms with van der Waals surface area (Å²) in [5.74, 6) is 2.60. The fraction of sp³-hybridized carbons (Fsp3) is 0.800. The lowest BCUT2D eigenvalue weighted by Gasteiger charge is -2.33. The minimum Gasteiger partial charge on any atom is -0.444 e. The topological polar surface area (TPSA) is 38.8 Å². The maximum atomic E-state index is 11.9. The number of hydrogen-bond acceptors (Lipinski definition) is 3. The largest absolute Gasteiger partial charge is 0.444 e. The molecule has 1 aliphatic heterocycles. The van der Waals surface area contributed by atoms with Crippen LogP contribution >= 0.6 is 0 Å². The molecule has 1 rings (SSSR count). The summed E-state index contributed by atoms with van der Waals surface area (Å²) in [4.78, 5) is 13.6. The van der Waals surface area contributed by atoms with Gasteiger partial charge in [0.2, 0.25) is 0 Å². The third-order valence-corrected chi connectivity index (χ3v) is 2.91. The van der Waals surface area contributed by atoms with E-state index < -0.39 is 5.60 Å². The number of piperidine rings is 1. The van der Waals surface area contributed by atoms with E-state index in [9.17, 15) is 4.79 Å². The van der Waals surface area contributed by atoms with Crippen LogP contribution in [0.1, 0.15) is 46.5 Å². The lowest BCUT2D eigenvalue weighted by Crippen LogP contribution is -2.43. The van der Waals surface area contributed by atoms with Crippen molar-refractivity contribution in [2.75, 3.05) is 19.7 Å². The smallest absolute Gasteiger partial charge is 0.410 e. The molecule has 0 aromatic heterocycles. The molecule has 1 aliphatic rings. The van der Waals surface area contributed by atoms with Crippen molar-refractivity contribution >= 4 is 6.09 Å². The van der Waals surface area contributed by atoms with E-state index in [1.807, 2.05) is 20.8 Å². The molecule has 19 heavy (non-hydrogen) atoms. The second kappa shape index (κ2) is 7.40. The van der Waals surface area contributed by atoms with E-state index in [4.69, 9.17) is 15.9 Å². The van der Waals surface area contributed by atoms with Gasteiger partial charge >= 0.3 is 6.09 Å². The fourth-order valence-electron chi connectivity index (χ4n) is 1.96. The van der Waals surface area contributed by atoms with E-state index in [0.29, 0.717) is 19.7 Å². The van der Waals surface area contributed by atoms with Crippen molar-refractivity contribution < 1.29 is 14.3 Å². The summed E-state index contributed by atoms with van der Waals surface area (Å²) in [5.41, 5.74) is -0.431. The highest BCUT2D eigenvalue weighted by molar-refractivity contribution is 5.68. The number of ether oxygens (including phenoxy) is 2. The van der Waals surface area contributed by atoms with Gasteiger partial charge in [-0.15, -0.1) is 12.3 Å². The van der Waals surface area contributed by atoms with E-state index in [1.165, 1.54) is 0 Å². The van der Waals surface area contributed by atoms with E-state index in [-0.39, 0.29) is 12.2 Å². The predicted molar refractivity (Wildman–Crippen MR) is 74.8 cm³/mol. The first kappa shape index (κ1) is 15.8. The molecule has 0 saturated carbocycles. The molecule has 0 aliphatic carbocycles. The zero-order valence-corrected chi connectivity index (χ0v) is 12.3. The van der Waals surface area contributed by atoms with E-state index in [1.54, 1.807) is 4.90 Å². The van der Waals surface area contributed by atoms with Crippen LogP contribution in [0.15, 0.2) is 0 Å². The summed E-state index contributed by atoms with van der Waals surface area (Å²) in [7, 11) is 0. The van der Waals surface area contributed by atoms with E-state index in [2.05, 4.69) is 5.92 Å². The monoisotopic (exact) mass is 267 g/mol. The summed E-state index contributed by atoms with van der Waals surface area (Å²) in [6.07, 6.45) is 8.62. The number of carbonyl (C=O) groups is 1. The maximum Gasteiger partial charge on any atom is 0.410 e. The summed E-state index contributed by atoms with van der Waals surface area (Å²) >= 11 is 0. The second-order valence-electron chi connectivity index (χ2n) is 5.85. The lowest BCUT2D eigenvalue weighted by molar-refractivity contribution is -0.0115. The fourth-order valence-corrected chi connectivity index (χ4v) is 1.96. The molecule has 1 saturated heterocycles. The van der Waals surface area contributed by atoms with Gasteiger partial charge in [-0.25, -0.2) is 4.79 Å². The maximum absolute atomic E-state index is 11.9. The van der Waals surface area contributed by atoms with Crippen LogP contribution in [0.5, 0.6) is 0 Å². The molecule has 0 bridgehead atoms. The Balaban J connectivity index is 2.22. The van der Waals surface area contributed by atoms with Gasteiger partial charge < -0.3 is 14.4 Å². The van der Waals surface area contributed by atoms with Crippen molar-refractivity contribution in [3.05, 3.63) is 0 Å². The van der Waals surface area contributed by atoms with Crippen molar-refractivity contribution in [1.29, 1.82) is 0 Å². The second-order valence-corrected chi connectivity index (χ2v) is 5.85. The molecule has 108 valence electrons. The number of amides is 1. The standard InChI is InChI=1S/C15H25NO3/c1-5-6-7-12-18-13-8-10-16(11-9-13)14(17)19-15(2,3)4/h1,13H,6-12H2,2-4H3. The van der Waals surface area contributed by atoms with Crippen LogP contribution < -0.4 is 0 Å². The van der Waals surface area contributed by atoms with E-state index >= 15 is 0 Å². The molecule has 1 amide bonds. The first-order valence-corrected chi connectivity index (χ1v) is 6.95. The van der Waals surface area contributed by atoms with Crippen molar-refractivity contribution in [2.45, 2.75) is 58.2 Å². The highest BCUT2D eigenvalue weighted by atomic mass is 16.6. The number of carbonyl (C=O) groups excluding carboxylic acids is 1. The van der Waals surface area contributed by atoms with Crippen molar-refractivity contribution in [1.82, 2.24) is 4.90 Å². The van der Waals surface area contributed by atoms with Crippen LogP contribution in [0.25, 0.3) is 0 Å². The van der Waals surface area contributed by atoms with Gasteiger partial charge in [0.25, 0.3) is 0 Å². The van der Waals surface area contributed by atoms with Gasteiger partial charge in [0.05, 0.1) is 6.10 Å². The van der Waals surface area contributed by atoms with Crippen LogP contribution in [0, 0.1) is 12.3 Å². The zero-order chi connectivity index (χ0) is 14.3. The molecule has 0 unspecified atom stereocenters. The third-order valence-electron chi connectivity index (χ3n) is 2.91. The third kappa shape index (κ3) is 6.49. The minimum atomic E-state index is -0.431. The number of hydrogen-bond donors (Lipinski definition) is 0. The number of likely N-dealkylation sites (tertiary alicyclic amines) is 1. The normalized spacial score (nSPS) is 17.1. The molecule has 0 radical (unpaired) electrons. The Morgan fingerprint density at radius 3 is 2.53 bits per heavy atom. The predicted octanol–water partition coefficient (Wildman–Crippen LogP) is 2.82. The Morgan fingerprint density at radius 1 is 1.37 bits per heavy atom. The SMILES string of the molecule is C#CCCCOC1CCN(C(=O)OC(C)(C)C)CC1. The van der Waals surface area contributed by atoms with Gasteiger partial charge in [-0.3, -0.25) is 0 Å². The van der Waals surface area contributed by atoms with E-state index in [0.717, 1.165) is 25.7 Å². The van der Waals surface area contributed by atoms with Crippen molar-refractivity contribution in [3.8, 4) is 12.3 Å². The molecule has 1 heterocycles. The molecular formula is C15H25NO3. The summed E-state index contributed by atoms with van der Waals surface area (Å²) in [6, 6.07) is 0. The zero-order valence-electron chi connectivity index (χ0n) is 12.3. The first-order valence-electron chi connectivity index (χ1n) is 6.95. The molecule has 4 nitrogen and oxygen atoms in total. The van der Waals surface area contributed by atoms with Gasteiger partial charge in [0.15, 0.2) is 0 Å². The Labute approximate surface area is 116 Å². The Bertz CT molecular complexity index is 319. The number of unbranched alkanes of at least 4 members (excludes halogenated alkanes) is 1.